The molecule has 0 fully saturated rings. The van der Waals surface area contributed by atoms with E-state index in [0.29, 0.717) is 12.2 Å². The number of ether oxygens (including phenoxy) is 1. The molecule has 1 aromatic rings. The van der Waals surface area contributed by atoms with E-state index in [1.54, 1.807) is 12.1 Å². The molecule has 1 atom stereocenters. The molecule has 0 saturated heterocycles. The van der Waals surface area contributed by atoms with Gasteiger partial charge in [-0.1, -0.05) is 13.3 Å². The second-order valence-corrected chi connectivity index (χ2v) is 5.62. The lowest BCUT2D eigenvalue weighted by molar-refractivity contribution is -0.142. The molecule has 1 aromatic carbocycles. The van der Waals surface area contributed by atoms with Gasteiger partial charge in [0.25, 0.3) is 5.91 Å². The van der Waals surface area contributed by atoms with Crippen LogP contribution in [0, 0.1) is 9.49 Å². The highest BCUT2D eigenvalue weighted by Crippen LogP contribution is 2.13. The van der Waals surface area contributed by atoms with E-state index >= 15 is 0 Å². The molecule has 1 rings (SSSR count). The summed E-state index contributed by atoms with van der Waals surface area (Å²) in [5, 5.41) is 11.6. The molecule has 0 aromatic heterocycles. The quantitative estimate of drug-likeness (QED) is 0.667. The van der Waals surface area contributed by atoms with Gasteiger partial charge in [0.15, 0.2) is 6.61 Å². The van der Waals surface area contributed by atoms with E-state index in [0.717, 1.165) is 9.99 Å². The topological polar surface area (TPSA) is 75.6 Å². The maximum Gasteiger partial charge on any atom is 0.308 e. The molecule has 0 saturated carbocycles. The molecular weight excluding hydrogens is 373 g/mol. The van der Waals surface area contributed by atoms with Crippen molar-refractivity contribution in [1.82, 2.24) is 5.32 Å². The van der Waals surface area contributed by atoms with Crippen LogP contribution >= 0.6 is 22.6 Å². The fourth-order valence-electron chi connectivity index (χ4n) is 1.63. The van der Waals surface area contributed by atoms with Crippen molar-refractivity contribution in [3.8, 4) is 5.75 Å². The highest BCUT2D eigenvalue weighted by atomic mass is 127. The zero-order valence-corrected chi connectivity index (χ0v) is 13.4. The van der Waals surface area contributed by atoms with Crippen LogP contribution in [0.15, 0.2) is 24.3 Å². The van der Waals surface area contributed by atoms with Gasteiger partial charge >= 0.3 is 5.97 Å². The zero-order valence-electron chi connectivity index (χ0n) is 11.3. The van der Waals surface area contributed by atoms with Gasteiger partial charge in [0.2, 0.25) is 0 Å². The number of carboxylic acids is 1. The second-order valence-electron chi connectivity index (χ2n) is 4.37. The Hall–Kier alpha value is -1.31. The van der Waals surface area contributed by atoms with Crippen LogP contribution in [0.5, 0.6) is 5.75 Å². The third-order valence-electron chi connectivity index (χ3n) is 2.72. The van der Waals surface area contributed by atoms with Crippen molar-refractivity contribution in [3.05, 3.63) is 27.8 Å². The first kappa shape index (κ1) is 16.7. The van der Waals surface area contributed by atoms with E-state index in [9.17, 15) is 9.59 Å². The number of halogens is 1. The molecule has 6 heteroatoms. The number of carbonyl (C=O) groups excluding carboxylic acids is 1. The summed E-state index contributed by atoms with van der Waals surface area (Å²) in [5.41, 5.74) is 0. The van der Waals surface area contributed by atoms with Crippen LogP contribution in [0.25, 0.3) is 0 Å². The maximum absolute atomic E-state index is 11.6. The van der Waals surface area contributed by atoms with Gasteiger partial charge in [0.05, 0.1) is 5.92 Å². The first-order valence-corrected chi connectivity index (χ1v) is 7.48. The fourth-order valence-corrected chi connectivity index (χ4v) is 1.99. The molecule has 0 aliphatic heterocycles. The maximum atomic E-state index is 11.6. The molecule has 1 amide bonds. The standard InChI is InChI=1S/C14H18INO4/c1-2-3-10(14(18)19)8-16-13(17)9-20-12-6-4-11(15)5-7-12/h4-7,10H,2-3,8-9H2,1H3,(H,16,17)(H,18,19). The van der Waals surface area contributed by atoms with Gasteiger partial charge in [-0.15, -0.1) is 0 Å². The van der Waals surface area contributed by atoms with Crippen LogP contribution in [0.4, 0.5) is 0 Å². The Morgan fingerprint density at radius 1 is 1.35 bits per heavy atom. The summed E-state index contributed by atoms with van der Waals surface area (Å²) >= 11 is 2.18. The molecule has 0 radical (unpaired) electrons. The van der Waals surface area contributed by atoms with Crippen LogP contribution in [0.2, 0.25) is 0 Å². The Balaban J connectivity index is 2.32. The number of aliphatic carboxylic acids is 1. The lowest BCUT2D eigenvalue weighted by atomic mass is 10.0. The average molecular weight is 391 g/mol. The van der Waals surface area contributed by atoms with Gasteiger partial charge in [0, 0.05) is 10.1 Å². The highest BCUT2D eigenvalue weighted by molar-refractivity contribution is 14.1. The van der Waals surface area contributed by atoms with Crippen LogP contribution in [0.1, 0.15) is 19.8 Å². The third-order valence-corrected chi connectivity index (χ3v) is 3.43. The molecule has 0 heterocycles. The average Bonchev–Trinajstić information content (AvgIpc) is 2.42. The number of benzene rings is 1. The summed E-state index contributed by atoms with van der Waals surface area (Å²) in [4.78, 5) is 22.5. The van der Waals surface area contributed by atoms with E-state index in [-0.39, 0.29) is 19.1 Å². The van der Waals surface area contributed by atoms with E-state index in [1.807, 2.05) is 19.1 Å². The van der Waals surface area contributed by atoms with Gasteiger partial charge in [-0.05, 0) is 53.3 Å². The van der Waals surface area contributed by atoms with Crippen molar-refractivity contribution in [1.29, 1.82) is 0 Å². The summed E-state index contributed by atoms with van der Waals surface area (Å²) in [6.07, 6.45) is 1.32. The number of hydrogen-bond acceptors (Lipinski definition) is 3. The summed E-state index contributed by atoms with van der Waals surface area (Å²) in [6, 6.07) is 7.34. The predicted molar refractivity (Wildman–Crippen MR) is 83.7 cm³/mol. The minimum absolute atomic E-state index is 0.112. The Bertz CT molecular complexity index is 447. The van der Waals surface area contributed by atoms with E-state index in [2.05, 4.69) is 27.9 Å². The SMILES string of the molecule is CCCC(CNC(=O)COc1ccc(I)cc1)C(=O)O. The van der Waals surface area contributed by atoms with E-state index in [4.69, 9.17) is 9.84 Å². The molecule has 0 aliphatic carbocycles. The van der Waals surface area contributed by atoms with Crippen LogP contribution in [0.3, 0.4) is 0 Å². The molecule has 2 N–H and O–H groups in total. The summed E-state index contributed by atoms with van der Waals surface area (Å²) in [6.45, 7) is 1.94. The number of amides is 1. The smallest absolute Gasteiger partial charge is 0.308 e. The lowest BCUT2D eigenvalue weighted by Crippen LogP contribution is -2.35. The van der Waals surface area contributed by atoms with Gasteiger partial charge < -0.3 is 15.2 Å². The fraction of sp³-hybridized carbons (Fsp3) is 0.429. The lowest BCUT2D eigenvalue weighted by Gasteiger charge is -2.12. The number of carboxylic acid groups (broad SMARTS) is 1. The van der Waals surface area contributed by atoms with Crippen molar-refractivity contribution in [2.45, 2.75) is 19.8 Å². The minimum Gasteiger partial charge on any atom is -0.484 e. The van der Waals surface area contributed by atoms with Crippen molar-refractivity contribution in [3.63, 3.8) is 0 Å². The molecular formula is C14H18INO4. The second kappa shape index (κ2) is 8.78. The van der Waals surface area contributed by atoms with E-state index in [1.165, 1.54) is 0 Å². The number of nitrogens with one attached hydrogen (secondary N) is 1. The van der Waals surface area contributed by atoms with Crippen molar-refractivity contribution in [2.24, 2.45) is 5.92 Å². The molecule has 1 unspecified atom stereocenters. The molecule has 5 nitrogen and oxygen atoms in total. The number of carbonyl (C=O) groups is 2. The molecule has 0 spiro atoms. The molecule has 0 bridgehead atoms. The Morgan fingerprint density at radius 3 is 2.55 bits per heavy atom. The largest absolute Gasteiger partial charge is 0.484 e. The van der Waals surface area contributed by atoms with E-state index < -0.39 is 11.9 Å². The molecule has 0 aliphatic rings. The van der Waals surface area contributed by atoms with Gasteiger partial charge in [-0.25, -0.2) is 0 Å². The zero-order chi connectivity index (χ0) is 15.0. The summed E-state index contributed by atoms with van der Waals surface area (Å²) < 4.78 is 6.40. The summed E-state index contributed by atoms with van der Waals surface area (Å²) in [7, 11) is 0. The highest BCUT2D eigenvalue weighted by Gasteiger charge is 2.17. The Morgan fingerprint density at radius 2 is 2.00 bits per heavy atom. The van der Waals surface area contributed by atoms with Gasteiger partial charge in [0.1, 0.15) is 5.75 Å². The van der Waals surface area contributed by atoms with Crippen molar-refractivity contribution in [2.75, 3.05) is 13.2 Å². The third kappa shape index (κ3) is 6.23. The first-order valence-electron chi connectivity index (χ1n) is 6.40. The van der Waals surface area contributed by atoms with Gasteiger partial charge in [-0.2, -0.15) is 0 Å². The van der Waals surface area contributed by atoms with Crippen molar-refractivity contribution >= 4 is 34.5 Å². The Labute approximate surface area is 131 Å². The monoisotopic (exact) mass is 391 g/mol. The Kier molecular flexibility index (Phi) is 7.35. The predicted octanol–water partition coefficient (Wildman–Crippen LogP) is 2.29. The molecule has 110 valence electrons. The van der Waals surface area contributed by atoms with Crippen LogP contribution in [-0.2, 0) is 9.59 Å². The summed E-state index contributed by atoms with van der Waals surface area (Å²) in [5.74, 6) is -1.12. The minimum atomic E-state index is -0.884. The van der Waals surface area contributed by atoms with Crippen LogP contribution < -0.4 is 10.1 Å². The number of rotatable bonds is 8. The normalized spacial score (nSPS) is 11.7. The molecule has 20 heavy (non-hydrogen) atoms. The van der Waals surface area contributed by atoms with Crippen LogP contribution in [-0.4, -0.2) is 30.1 Å². The van der Waals surface area contributed by atoms with Gasteiger partial charge in [-0.3, -0.25) is 9.59 Å². The first-order chi connectivity index (χ1) is 9.52. The number of hydrogen-bond donors (Lipinski definition) is 2. The van der Waals surface area contributed by atoms with Crippen molar-refractivity contribution < 1.29 is 19.4 Å².